The van der Waals surface area contributed by atoms with Gasteiger partial charge >= 0.3 is 0 Å². The minimum absolute atomic E-state index is 0.0465. The Hall–Kier alpha value is -4.71. The first-order chi connectivity index (χ1) is 18.9. The van der Waals surface area contributed by atoms with E-state index in [2.05, 4.69) is 10.5 Å². The third kappa shape index (κ3) is 3.90. The number of carbonyl (C=O) groups is 4. The molecule has 0 fully saturated rings. The first kappa shape index (κ1) is 26.9. The van der Waals surface area contributed by atoms with Gasteiger partial charge in [-0.25, -0.2) is 4.39 Å². The number of phenols is 1. The molecule has 0 bridgehead atoms. The number of nitroso groups, excluding NO2 is 1. The summed E-state index contributed by atoms with van der Waals surface area (Å²) in [5, 5.41) is 38.5. The normalized spacial score (nSPS) is 23.8. The smallest absolute Gasteiger partial charge is 0.255 e. The zero-order valence-corrected chi connectivity index (χ0v) is 21.2. The third-order valence-corrected chi connectivity index (χ3v) is 7.92. The van der Waals surface area contributed by atoms with Crippen molar-refractivity contribution in [3.63, 3.8) is 0 Å². The van der Waals surface area contributed by atoms with Gasteiger partial charge in [0, 0.05) is 36.9 Å². The summed E-state index contributed by atoms with van der Waals surface area (Å²) in [6, 6.07) is 7.02. The fraction of sp³-hybridized carbons (Fsp3) is 0.286. The molecule has 206 valence electrons. The molecule has 0 saturated carbocycles. The van der Waals surface area contributed by atoms with Gasteiger partial charge in [0.05, 0.1) is 5.56 Å². The van der Waals surface area contributed by atoms with Gasteiger partial charge < -0.3 is 26.4 Å². The van der Waals surface area contributed by atoms with Gasteiger partial charge in [-0.1, -0.05) is 12.1 Å². The van der Waals surface area contributed by atoms with Gasteiger partial charge in [0.1, 0.15) is 28.6 Å². The van der Waals surface area contributed by atoms with Crippen molar-refractivity contribution in [3.05, 3.63) is 80.3 Å². The summed E-state index contributed by atoms with van der Waals surface area (Å²) < 4.78 is 13.7. The number of hydrogen-bond donors (Lipinski definition) is 5. The van der Waals surface area contributed by atoms with Gasteiger partial charge in [0.25, 0.3) is 5.91 Å². The minimum Gasteiger partial charge on any atom is -0.511 e. The molecule has 0 aliphatic heterocycles. The van der Waals surface area contributed by atoms with E-state index in [0.29, 0.717) is 16.7 Å². The lowest BCUT2D eigenvalue weighted by molar-refractivity contribution is -0.140. The summed E-state index contributed by atoms with van der Waals surface area (Å²) in [4.78, 5) is 62.9. The number of fused-ring (bicyclic) bond motifs is 3. The average molecular weight is 550 g/mol. The molecule has 6 N–H and O–H groups in total. The quantitative estimate of drug-likeness (QED) is 0.276. The number of primary amides is 1. The lowest BCUT2D eigenvalue weighted by Crippen LogP contribution is -2.56. The maximum Gasteiger partial charge on any atom is 0.255 e. The molecule has 3 atom stereocenters. The van der Waals surface area contributed by atoms with E-state index in [-0.39, 0.29) is 42.5 Å². The Balaban J connectivity index is 1.75. The number of aromatic hydroxyl groups is 1. The van der Waals surface area contributed by atoms with Crippen molar-refractivity contribution in [1.82, 2.24) is 5.32 Å². The van der Waals surface area contributed by atoms with Crippen molar-refractivity contribution in [1.29, 1.82) is 0 Å². The lowest BCUT2D eigenvalue weighted by atomic mass is 9.59. The van der Waals surface area contributed by atoms with E-state index in [1.165, 1.54) is 31.2 Å². The van der Waals surface area contributed by atoms with Crippen LogP contribution < -0.4 is 11.1 Å². The average Bonchev–Trinajstić information content (AvgIpc) is 2.88. The maximum atomic E-state index is 14.0. The number of rotatable bonds is 5. The summed E-state index contributed by atoms with van der Waals surface area (Å²) in [6.45, 7) is 1.11. The highest BCUT2D eigenvalue weighted by Gasteiger charge is 2.60. The van der Waals surface area contributed by atoms with Crippen LogP contribution in [0.1, 0.15) is 41.3 Å². The molecule has 0 saturated heterocycles. The Bertz CT molecular complexity index is 1590. The predicted molar refractivity (Wildman–Crippen MR) is 137 cm³/mol. The number of allylic oxidation sites excluding steroid dienone is 2. The highest BCUT2D eigenvalue weighted by atomic mass is 19.1. The van der Waals surface area contributed by atoms with Gasteiger partial charge in [-0.2, -0.15) is 0 Å². The fourth-order valence-electron chi connectivity index (χ4n) is 6.10. The van der Waals surface area contributed by atoms with Gasteiger partial charge in [-0.15, -0.1) is 4.91 Å². The van der Waals surface area contributed by atoms with Gasteiger partial charge in [0.15, 0.2) is 11.4 Å². The van der Waals surface area contributed by atoms with Crippen LogP contribution in [-0.2, 0) is 27.3 Å². The molecule has 3 aliphatic rings. The zero-order valence-electron chi connectivity index (χ0n) is 21.2. The van der Waals surface area contributed by atoms with Crippen LogP contribution in [0.5, 0.6) is 5.75 Å². The number of phenolic OH excluding ortho intramolecular Hbond substituents is 1. The van der Waals surface area contributed by atoms with Crippen LogP contribution in [0, 0.1) is 22.6 Å². The molecule has 2 amide bonds. The monoisotopic (exact) mass is 549 g/mol. The van der Waals surface area contributed by atoms with Crippen LogP contribution >= 0.6 is 0 Å². The molecule has 2 aromatic rings. The second-order valence-electron chi connectivity index (χ2n) is 10.2. The number of carbonyl (C=O) groups excluding carboxylic acids is 4. The Kier molecular flexibility index (Phi) is 6.38. The molecule has 0 heterocycles. The van der Waals surface area contributed by atoms with E-state index >= 15 is 0 Å². The minimum atomic E-state index is -2.69. The zero-order chi connectivity index (χ0) is 29.1. The van der Waals surface area contributed by atoms with Crippen LogP contribution in [-0.4, -0.2) is 44.3 Å². The molecule has 5 rings (SSSR count). The molecule has 11 nitrogen and oxygen atoms in total. The number of benzene rings is 2. The van der Waals surface area contributed by atoms with Crippen molar-refractivity contribution < 1.29 is 38.9 Å². The number of halogens is 1. The number of Topliss-reactive ketones (excluding diaryl/α,β-unsaturated/α-hetero) is 2. The Morgan fingerprint density at radius 1 is 1.18 bits per heavy atom. The molecule has 40 heavy (non-hydrogen) atoms. The summed E-state index contributed by atoms with van der Waals surface area (Å²) in [5.74, 6) is -7.36. The molecular formula is C28H24FN3O8. The largest absolute Gasteiger partial charge is 0.511 e. The Morgan fingerprint density at radius 2 is 1.85 bits per heavy atom. The van der Waals surface area contributed by atoms with Crippen molar-refractivity contribution in [2.45, 2.75) is 38.3 Å². The van der Waals surface area contributed by atoms with Crippen LogP contribution in [0.25, 0.3) is 11.1 Å². The predicted octanol–water partition coefficient (Wildman–Crippen LogP) is 2.23. The fourth-order valence-corrected chi connectivity index (χ4v) is 6.10. The summed E-state index contributed by atoms with van der Waals surface area (Å²) in [7, 11) is 0. The molecular weight excluding hydrogens is 525 g/mol. The number of nitrogens with two attached hydrogens (primary N) is 1. The van der Waals surface area contributed by atoms with Crippen molar-refractivity contribution in [2.24, 2.45) is 22.7 Å². The van der Waals surface area contributed by atoms with Gasteiger partial charge in [-0.3, -0.25) is 19.2 Å². The van der Waals surface area contributed by atoms with Crippen molar-refractivity contribution >= 4 is 23.4 Å². The van der Waals surface area contributed by atoms with Crippen LogP contribution in [0.2, 0.25) is 0 Å². The van der Waals surface area contributed by atoms with E-state index in [1.54, 1.807) is 6.07 Å². The summed E-state index contributed by atoms with van der Waals surface area (Å²) in [6.07, 6.45) is -0.352. The number of hydrogen-bond acceptors (Lipinski definition) is 9. The topological polar surface area (TPSA) is 196 Å². The molecule has 2 aromatic carbocycles. The van der Waals surface area contributed by atoms with Crippen LogP contribution in [0.3, 0.4) is 0 Å². The Morgan fingerprint density at radius 3 is 2.45 bits per heavy atom. The molecule has 12 heteroatoms. The van der Waals surface area contributed by atoms with Gasteiger partial charge in [-0.05, 0) is 58.8 Å². The van der Waals surface area contributed by atoms with E-state index in [4.69, 9.17) is 5.73 Å². The highest BCUT2D eigenvalue weighted by Crippen LogP contribution is 2.53. The first-order valence-electron chi connectivity index (χ1n) is 12.4. The van der Waals surface area contributed by atoms with E-state index < -0.39 is 69.4 Å². The number of amides is 2. The van der Waals surface area contributed by atoms with Crippen molar-refractivity contribution in [3.8, 4) is 16.9 Å². The highest BCUT2D eigenvalue weighted by molar-refractivity contribution is 6.24. The van der Waals surface area contributed by atoms with Crippen molar-refractivity contribution in [2.75, 3.05) is 0 Å². The standard InChI is InChI=1S/C28H24FN3O8/c1-11(33)31-10-14-8-17(12-2-4-16(29)5-3-12)18-7-13-6-15-9-19(34)22(27(30)38)26(37)28(15,39)25(32-40)20(13)24(36)21(18)23(14)35/h2-5,8,13,15,34-35,39H,6-7,9-10H2,1H3,(H2,30,38)(H,31,33)/t13-,15+,28+/m1/s1. The second-order valence-corrected chi connectivity index (χ2v) is 10.2. The SMILES string of the molecule is CC(=O)NCc1cc(-c2ccc(F)cc2)c2c(c1O)C(=O)C1=C(N=O)[C@]3(O)C(=O)C(C(N)=O)=C(O)C[C@@H]3C[C@@H]1C2. The number of nitrogens with one attached hydrogen (secondary N) is 1. The number of aliphatic hydroxyl groups is 2. The van der Waals surface area contributed by atoms with E-state index in [0.717, 1.165) is 0 Å². The summed E-state index contributed by atoms with van der Waals surface area (Å²) in [5.41, 5.74) is 1.89. The number of aliphatic hydroxyl groups excluding tert-OH is 1. The molecule has 0 unspecified atom stereocenters. The second kappa shape index (κ2) is 9.49. The maximum absolute atomic E-state index is 14.0. The number of ketones is 2. The first-order valence-corrected chi connectivity index (χ1v) is 12.4. The molecule has 0 radical (unpaired) electrons. The molecule has 0 spiro atoms. The van der Waals surface area contributed by atoms with Crippen LogP contribution in [0.4, 0.5) is 4.39 Å². The van der Waals surface area contributed by atoms with Crippen LogP contribution in [0.15, 0.2) is 58.1 Å². The molecule has 3 aliphatic carbocycles. The van der Waals surface area contributed by atoms with Gasteiger partial charge in [0.2, 0.25) is 11.7 Å². The number of nitrogens with zero attached hydrogens (tertiary/aromatic N) is 1. The Labute approximate surface area is 226 Å². The summed E-state index contributed by atoms with van der Waals surface area (Å²) >= 11 is 0. The third-order valence-electron chi connectivity index (χ3n) is 7.92. The van der Waals surface area contributed by atoms with E-state index in [1.807, 2.05) is 0 Å². The lowest BCUT2D eigenvalue weighted by Gasteiger charge is -2.45. The molecule has 0 aromatic heterocycles. The van der Waals surface area contributed by atoms with E-state index in [9.17, 15) is 43.8 Å².